The van der Waals surface area contributed by atoms with E-state index in [1.54, 1.807) is 12.1 Å². The summed E-state index contributed by atoms with van der Waals surface area (Å²) in [5, 5.41) is 10.2. The molecule has 1 aliphatic rings. The first-order chi connectivity index (χ1) is 11.1. The molecule has 23 heavy (non-hydrogen) atoms. The molecule has 5 nitrogen and oxygen atoms in total. The number of primary amides is 1. The van der Waals surface area contributed by atoms with Crippen LogP contribution < -0.4 is 5.73 Å². The van der Waals surface area contributed by atoms with Gasteiger partial charge in [0.15, 0.2) is 0 Å². The van der Waals surface area contributed by atoms with Crippen molar-refractivity contribution >= 4 is 5.91 Å². The zero-order chi connectivity index (χ0) is 16.2. The predicted molar refractivity (Wildman–Crippen MR) is 88.2 cm³/mol. The molecule has 3 N–H and O–H groups in total. The molecule has 0 radical (unpaired) electrons. The lowest BCUT2D eigenvalue weighted by atomic mass is 10.00. The van der Waals surface area contributed by atoms with Crippen LogP contribution in [-0.4, -0.2) is 42.2 Å². The molecule has 2 aromatic rings. The Hall–Kier alpha value is -2.37. The third-order valence-electron chi connectivity index (χ3n) is 4.03. The third kappa shape index (κ3) is 3.70. The molecule has 1 fully saturated rings. The monoisotopic (exact) mass is 312 g/mol. The average molecular weight is 312 g/mol. The molecule has 0 saturated carbocycles. The Morgan fingerprint density at radius 2 is 1.96 bits per heavy atom. The summed E-state index contributed by atoms with van der Waals surface area (Å²) in [6, 6.07) is 12.8. The highest BCUT2D eigenvalue weighted by molar-refractivity contribution is 5.94. The number of benzene rings is 2. The van der Waals surface area contributed by atoms with E-state index in [0.717, 1.165) is 38.4 Å². The number of phenols is 1. The maximum atomic E-state index is 11.2. The molecule has 1 amide bonds. The summed E-state index contributed by atoms with van der Waals surface area (Å²) in [7, 11) is 0. The highest BCUT2D eigenvalue weighted by Crippen LogP contribution is 2.30. The quantitative estimate of drug-likeness (QED) is 0.905. The Morgan fingerprint density at radius 1 is 1.17 bits per heavy atom. The summed E-state index contributed by atoms with van der Waals surface area (Å²) in [6.07, 6.45) is 0. The van der Waals surface area contributed by atoms with Crippen molar-refractivity contribution in [1.29, 1.82) is 0 Å². The van der Waals surface area contributed by atoms with Gasteiger partial charge in [0.05, 0.1) is 13.2 Å². The molecule has 0 unspecified atom stereocenters. The Labute approximate surface area is 135 Å². The van der Waals surface area contributed by atoms with Crippen LogP contribution in [0.3, 0.4) is 0 Å². The van der Waals surface area contributed by atoms with Gasteiger partial charge in [0.25, 0.3) is 0 Å². The Kier molecular flexibility index (Phi) is 4.60. The smallest absolute Gasteiger partial charge is 0.248 e. The third-order valence-corrected chi connectivity index (χ3v) is 4.03. The minimum atomic E-state index is -0.548. The standard InChI is InChI=1S/C18H20N2O3/c19-18(22)15-4-5-16(17(21)11-15)14-3-1-2-13(10-14)12-20-6-8-23-9-7-20/h1-5,10-11,21H,6-9,12H2,(H2,19,22). The molecule has 0 aliphatic carbocycles. The second-order valence-corrected chi connectivity index (χ2v) is 5.69. The first-order valence-electron chi connectivity index (χ1n) is 7.66. The van der Waals surface area contributed by atoms with Crippen LogP contribution in [0.15, 0.2) is 42.5 Å². The van der Waals surface area contributed by atoms with Crippen molar-refractivity contribution in [2.24, 2.45) is 5.73 Å². The highest BCUT2D eigenvalue weighted by Gasteiger charge is 2.12. The van der Waals surface area contributed by atoms with Gasteiger partial charge in [-0.2, -0.15) is 0 Å². The number of carbonyl (C=O) groups excluding carboxylic acids is 1. The maximum absolute atomic E-state index is 11.2. The average Bonchev–Trinajstić information content (AvgIpc) is 2.56. The van der Waals surface area contributed by atoms with Gasteiger partial charge in [-0.3, -0.25) is 9.69 Å². The van der Waals surface area contributed by atoms with E-state index in [0.29, 0.717) is 11.1 Å². The molecule has 1 heterocycles. The number of amides is 1. The molecule has 0 bridgehead atoms. The first kappa shape index (κ1) is 15.5. The number of morpholine rings is 1. The van der Waals surface area contributed by atoms with Crippen LogP contribution in [0.4, 0.5) is 0 Å². The first-order valence-corrected chi connectivity index (χ1v) is 7.66. The number of nitrogens with two attached hydrogens (primary N) is 1. The fourth-order valence-corrected chi connectivity index (χ4v) is 2.78. The van der Waals surface area contributed by atoms with Crippen molar-refractivity contribution in [1.82, 2.24) is 4.90 Å². The van der Waals surface area contributed by atoms with Crippen LogP contribution in [0.25, 0.3) is 11.1 Å². The largest absolute Gasteiger partial charge is 0.507 e. The lowest BCUT2D eigenvalue weighted by Crippen LogP contribution is -2.35. The number of hydrogen-bond acceptors (Lipinski definition) is 4. The molecule has 0 spiro atoms. The van der Waals surface area contributed by atoms with Crippen molar-refractivity contribution in [2.75, 3.05) is 26.3 Å². The zero-order valence-electron chi connectivity index (χ0n) is 12.9. The summed E-state index contributed by atoms with van der Waals surface area (Å²) in [5.74, 6) is -0.488. The van der Waals surface area contributed by atoms with Crippen molar-refractivity contribution in [3.63, 3.8) is 0 Å². The van der Waals surface area contributed by atoms with E-state index >= 15 is 0 Å². The van der Waals surface area contributed by atoms with Gasteiger partial charge in [-0.1, -0.05) is 18.2 Å². The summed E-state index contributed by atoms with van der Waals surface area (Å²) < 4.78 is 5.36. The van der Waals surface area contributed by atoms with Crippen molar-refractivity contribution in [2.45, 2.75) is 6.54 Å². The van der Waals surface area contributed by atoms with Crippen LogP contribution in [0, 0.1) is 0 Å². The molecule has 3 rings (SSSR count). The lowest BCUT2D eigenvalue weighted by molar-refractivity contribution is 0.0342. The fourth-order valence-electron chi connectivity index (χ4n) is 2.78. The number of rotatable bonds is 4. The molecule has 0 aromatic heterocycles. The van der Waals surface area contributed by atoms with Crippen LogP contribution >= 0.6 is 0 Å². The van der Waals surface area contributed by atoms with E-state index in [9.17, 15) is 9.90 Å². The van der Waals surface area contributed by atoms with Gasteiger partial charge in [-0.25, -0.2) is 0 Å². The molecule has 0 atom stereocenters. The molecule has 1 aliphatic heterocycles. The summed E-state index contributed by atoms with van der Waals surface area (Å²) >= 11 is 0. The predicted octanol–water partition coefficient (Wildman–Crippen LogP) is 1.99. The maximum Gasteiger partial charge on any atom is 0.248 e. The summed E-state index contributed by atoms with van der Waals surface area (Å²) in [6.45, 7) is 4.27. The molecule has 5 heteroatoms. The van der Waals surface area contributed by atoms with Crippen molar-refractivity contribution in [3.05, 3.63) is 53.6 Å². The second-order valence-electron chi connectivity index (χ2n) is 5.69. The normalized spacial score (nSPS) is 15.5. The van der Waals surface area contributed by atoms with E-state index in [2.05, 4.69) is 17.0 Å². The van der Waals surface area contributed by atoms with Gasteiger partial charge in [-0.15, -0.1) is 0 Å². The van der Waals surface area contributed by atoms with E-state index in [1.165, 1.54) is 11.6 Å². The number of aromatic hydroxyl groups is 1. The van der Waals surface area contributed by atoms with Gasteiger partial charge in [0.2, 0.25) is 5.91 Å². The van der Waals surface area contributed by atoms with E-state index in [1.807, 2.05) is 12.1 Å². The van der Waals surface area contributed by atoms with Gasteiger partial charge in [0, 0.05) is 30.8 Å². The molecular formula is C18H20N2O3. The van der Waals surface area contributed by atoms with Gasteiger partial charge >= 0.3 is 0 Å². The molecular weight excluding hydrogens is 292 g/mol. The summed E-state index contributed by atoms with van der Waals surface area (Å²) in [4.78, 5) is 13.5. The summed E-state index contributed by atoms with van der Waals surface area (Å²) in [5.41, 5.74) is 8.33. The Balaban J connectivity index is 1.83. The van der Waals surface area contributed by atoms with Crippen molar-refractivity contribution in [3.8, 4) is 16.9 Å². The number of carbonyl (C=O) groups is 1. The molecule has 1 saturated heterocycles. The molecule has 120 valence electrons. The van der Waals surface area contributed by atoms with E-state index in [-0.39, 0.29) is 5.75 Å². The number of nitrogens with zero attached hydrogens (tertiary/aromatic N) is 1. The van der Waals surface area contributed by atoms with Crippen molar-refractivity contribution < 1.29 is 14.6 Å². The fraction of sp³-hybridized carbons (Fsp3) is 0.278. The highest BCUT2D eigenvalue weighted by atomic mass is 16.5. The lowest BCUT2D eigenvalue weighted by Gasteiger charge is -2.26. The SMILES string of the molecule is NC(=O)c1ccc(-c2cccc(CN3CCOCC3)c2)c(O)c1. The van der Waals surface area contributed by atoms with Crippen LogP contribution in [0.2, 0.25) is 0 Å². The van der Waals surface area contributed by atoms with Gasteiger partial charge in [-0.05, 0) is 35.4 Å². The van der Waals surface area contributed by atoms with Crippen LogP contribution in [0.1, 0.15) is 15.9 Å². The number of hydrogen-bond donors (Lipinski definition) is 2. The second kappa shape index (κ2) is 6.81. The Morgan fingerprint density at radius 3 is 2.65 bits per heavy atom. The minimum Gasteiger partial charge on any atom is -0.507 e. The number of ether oxygens (including phenoxy) is 1. The van der Waals surface area contributed by atoms with E-state index in [4.69, 9.17) is 10.5 Å². The van der Waals surface area contributed by atoms with Crippen LogP contribution in [0.5, 0.6) is 5.75 Å². The molecule has 2 aromatic carbocycles. The topological polar surface area (TPSA) is 75.8 Å². The van der Waals surface area contributed by atoms with E-state index < -0.39 is 5.91 Å². The van der Waals surface area contributed by atoms with Gasteiger partial charge in [0.1, 0.15) is 5.75 Å². The number of phenolic OH excluding ortho intramolecular Hbond substituents is 1. The zero-order valence-corrected chi connectivity index (χ0v) is 12.9. The van der Waals surface area contributed by atoms with Crippen LogP contribution in [-0.2, 0) is 11.3 Å². The van der Waals surface area contributed by atoms with Gasteiger partial charge < -0.3 is 15.6 Å². The minimum absolute atomic E-state index is 0.0600. The Bertz CT molecular complexity index is 709.